The van der Waals surface area contributed by atoms with E-state index < -0.39 is 0 Å². The second-order valence-electron chi connectivity index (χ2n) is 5.87. The van der Waals surface area contributed by atoms with Crippen LogP contribution in [0.3, 0.4) is 0 Å². The lowest BCUT2D eigenvalue weighted by Crippen LogP contribution is -2.25. The minimum absolute atomic E-state index is 0.0400. The summed E-state index contributed by atoms with van der Waals surface area (Å²) in [7, 11) is 0. The number of nitrogens with one attached hydrogen (secondary N) is 2. The van der Waals surface area contributed by atoms with Gasteiger partial charge in [-0.3, -0.25) is 10.2 Å². The number of amidine groups is 1. The maximum Gasteiger partial charge on any atom is 0.217 e. The first-order valence-electron chi connectivity index (χ1n) is 8.19. The van der Waals surface area contributed by atoms with Crippen molar-refractivity contribution in [2.75, 3.05) is 5.75 Å². The van der Waals surface area contributed by atoms with Crippen LogP contribution in [0.5, 0.6) is 0 Å². The molecule has 2 aromatic rings. The van der Waals surface area contributed by atoms with Crippen LogP contribution in [0.4, 0.5) is 10.1 Å². The van der Waals surface area contributed by atoms with Gasteiger partial charge in [-0.1, -0.05) is 48.2 Å². The average Bonchev–Trinajstić information content (AvgIpc) is 2.64. The number of benzene rings is 2. The molecule has 0 saturated heterocycles. The molecule has 1 atom stereocenters. The van der Waals surface area contributed by atoms with Gasteiger partial charge in [-0.15, -0.1) is 0 Å². The number of amides is 1. The van der Waals surface area contributed by atoms with Crippen molar-refractivity contribution in [2.24, 2.45) is 10.1 Å². The van der Waals surface area contributed by atoms with Crippen LogP contribution in [-0.4, -0.2) is 22.5 Å². The minimum Gasteiger partial charge on any atom is -0.350 e. The van der Waals surface area contributed by atoms with E-state index in [4.69, 9.17) is 0 Å². The lowest BCUT2D eigenvalue weighted by molar-refractivity contribution is -0.119. The molecule has 0 aromatic heterocycles. The molecule has 0 aliphatic carbocycles. The van der Waals surface area contributed by atoms with Crippen LogP contribution < -0.4 is 10.7 Å². The summed E-state index contributed by atoms with van der Waals surface area (Å²) in [6.45, 7) is 3.45. The monoisotopic (exact) mass is 370 g/mol. The van der Waals surface area contributed by atoms with Crippen molar-refractivity contribution in [1.82, 2.24) is 10.7 Å². The van der Waals surface area contributed by atoms with Crippen LogP contribution in [0.15, 0.2) is 58.6 Å². The molecule has 134 valence electrons. The molecular formula is C19H19FN4OS. The zero-order valence-corrected chi connectivity index (χ0v) is 15.3. The number of aliphatic imine (C=N–C) groups is 1. The SMILES string of the molecule is CC(=O)NC(C)c1ccc(C2=NNC(=Nc3ccccc3F)SC2)cc1. The number of carbonyl (C=O) groups excluding carboxylic acids is 1. The molecule has 0 fully saturated rings. The van der Waals surface area contributed by atoms with Crippen molar-refractivity contribution >= 4 is 34.2 Å². The van der Waals surface area contributed by atoms with Gasteiger partial charge >= 0.3 is 0 Å². The number of para-hydroxylation sites is 1. The Morgan fingerprint density at radius 2 is 2.00 bits per heavy atom. The van der Waals surface area contributed by atoms with Crippen LogP contribution >= 0.6 is 11.8 Å². The Balaban J connectivity index is 1.69. The first kappa shape index (κ1) is 18.1. The number of carbonyl (C=O) groups is 1. The van der Waals surface area contributed by atoms with Crippen LogP contribution in [0.2, 0.25) is 0 Å². The highest BCUT2D eigenvalue weighted by atomic mass is 32.2. The van der Waals surface area contributed by atoms with Crippen LogP contribution in [0.25, 0.3) is 0 Å². The molecule has 1 amide bonds. The quantitative estimate of drug-likeness (QED) is 0.861. The summed E-state index contributed by atoms with van der Waals surface area (Å²) in [6, 6.07) is 14.3. The summed E-state index contributed by atoms with van der Waals surface area (Å²) in [5.41, 5.74) is 6.09. The van der Waals surface area contributed by atoms with Crippen molar-refractivity contribution < 1.29 is 9.18 Å². The fourth-order valence-electron chi connectivity index (χ4n) is 2.53. The predicted octanol–water partition coefficient (Wildman–Crippen LogP) is 3.75. The number of hydrazone groups is 1. The number of rotatable bonds is 4. The van der Waals surface area contributed by atoms with Crippen molar-refractivity contribution in [2.45, 2.75) is 19.9 Å². The number of halogens is 1. The van der Waals surface area contributed by atoms with E-state index in [2.05, 4.69) is 20.8 Å². The number of hydrogen-bond acceptors (Lipinski definition) is 4. The zero-order chi connectivity index (χ0) is 18.5. The van der Waals surface area contributed by atoms with Gasteiger partial charge in [0, 0.05) is 12.7 Å². The van der Waals surface area contributed by atoms with Crippen LogP contribution in [-0.2, 0) is 4.79 Å². The fraction of sp³-hybridized carbons (Fsp3) is 0.211. The molecule has 0 saturated carbocycles. The lowest BCUT2D eigenvalue weighted by Gasteiger charge is -2.16. The number of nitrogens with zero attached hydrogens (tertiary/aromatic N) is 2. The van der Waals surface area contributed by atoms with Gasteiger partial charge in [-0.05, 0) is 30.2 Å². The molecular weight excluding hydrogens is 351 g/mol. The first-order valence-corrected chi connectivity index (χ1v) is 9.17. The van der Waals surface area contributed by atoms with Gasteiger partial charge in [0.15, 0.2) is 5.17 Å². The molecule has 0 spiro atoms. The molecule has 1 unspecified atom stereocenters. The molecule has 7 heteroatoms. The van der Waals surface area contributed by atoms with E-state index in [-0.39, 0.29) is 23.5 Å². The Kier molecular flexibility index (Phi) is 5.68. The summed E-state index contributed by atoms with van der Waals surface area (Å²) >= 11 is 1.47. The summed E-state index contributed by atoms with van der Waals surface area (Å²) in [5, 5.41) is 7.78. The highest BCUT2D eigenvalue weighted by molar-refractivity contribution is 8.14. The Labute approximate surface area is 155 Å². The standard InChI is InChI=1S/C19H19FN4OS/c1-12(21-13(2)25)14-7-9-15(10-8-14)18-11-26-19(24-23-18)22-17-6-4-3-5-16(17)20/h3-10,12H,11H2,1-2H3,(H,21,25)(H,22,24). The van der Waals surface area contributed by atoms with E-state index in [9.17, 15) is 9.18 Å². The fourth-order valence-corrected chi connectivity index (χ4v) is 3.30. The highest BCUT2D eigenvalue weighted by Gasteiger charge is 2.14. The average molecular weight is 370 g/mol. The van der Waals surface area contributed by atoms with E-state index in [0.29, 0.717) is 10.9 Å². The van der Waals surface area contributed by atoms with Gasteiger partial charge in [0.2, 0.25) is 5.91 Å². The first-order chi connectivity index (χ1) is 12.5. The summed E-state index contributed by atoms with van der Waals surface area (Å²) in [4.78, 5) is 15.4. The Hall–Kier alpha value is -2.67. The molecule has 2 N–H and O–H groups in total. The van der Waals surface area contributed by atoms with Crippen molar-refractivity contribution in [1.29, 1.82) is 0 Å². The Morgan fingerprint density at radius 1 is 1.27 bits per heavy atom. The largest absolute Gasteiger partial charge is 0.350 e. The van der Waals surface area contributed by atoms with Crippen molar-refractivity contribution in [3.8, 4) is 0 Å². The lowest BCUT2D eigenvalue weighted by atomic mass is 10.0. The molecule has 26 heavy (non-hydrogen) atoms. The molecule has 3 rings (SSSR count). The van der Waals surface area contributed by atoms with E-state index in [1.807, 2.05) is 31.2 Å². The van der Waals surface area contributed by atoms with Gasteiger partial charge in [0.25, 0.3) is 0 Å². The molecule has 2 aromatic carbocycles. The van der Waals surface area contributed by atoms with Gasteiger partial charge < -0.3 is 5.32 Å². The smallest absolute Gasteiger partial charge is 0.217 e. The topological polar surface area (TPSA) is 65.8 Å². The van der Waals surface area contributed by atoms with Crippen LogP contribution in [0.1, 0.15) is 31.0 Å². The van der Waals surface area contributed by atoms with Crippen molar-refractivity contribution in [3.05, 3.63) is 65.5 Å². The second-order valence-corrected chi connectivity index (χ2v) is 6.84. The molecule has 5 nitrogen and oxygen atoms in total. The highest BCUT2D eigenvalue weighted by Crippen LogP contribution is 2.21. The molecule has 0 bridgehead atoms. The van der Waals surface area contributed by atoms with Crippen LogP contribution in [0, 0.1) is 5.82 Å². The Bertz CT molecular complexity index is 864. The molecule has 1 aliphatic heterocycles. The third kappa shape index (κ3) is 4.49. The number of hydrogen-bond donors (Lipinski definition) is 2. The Morgan fingerprint density at radius 3 is 2.62 bits per heavy atom. The van der Waals surface area contributed by atoms with E-state index in [1.165, 1.54) is 24.8 Å². The third-order valence-electron chi connectivity index (χ3n) is 3.87. The summed E-state index contributed by atoms with van der Waals surface area (Å²) in [5.74, 6) is 0.225. The van der Waals surface area contributed by atoms with Gasteiger partial charge in [0.05, 0.1) is 11.8 Å². The van der Waals surface area contributed by atoms with Crippen molar-refractivity contribution in [3.63, 3.8) is 0 Å². The van der Waals surface area contributed by atoms with Gasteiger partial charge in [-0.2, -0.15) is 5.10 Å². The molecule has 1 aliphatic rings. The normalized spacial score (nSPS) is 16.6. The summed E-state index contributed by atoms with van der Waals surface area (Å²) < 4.78 is 13.7. The molecule has 0 radical (unpaired) electrons. The van der Waals surface area contributed by atoms with E-state index >= 15 is 0 Å². The maximum absolute atomic E-state index is 13.7. The second kappa shape index (κ2) is 8.14. The summed E-state index contributed by atoms with van der Waals surface area (Å²) in [6.07, 6.45) is 0. The predicted molar refractivity (Wildman–Crippen MR) is 104 cm³/mol. The molecule has 1 heterocycles. The zero-order valence-electron chi connectivity index (χ0n) is 14.5. The van der Waals surface area contributed by atoms with E-state index in [1.54, 1.807) is 18.2 Å². The van der Waals surface area contributed by atoms with Gasteiger partial charge in [0.1, 0.15) is 11.5 Å². The minimum atomic E-state index is -0.360. The third-order valence-corrected chi connectivity index (χ3v) is 4.74. The van der Waals surface area contributed by atoms with Gasteiger partial charge in [-0.25, -0.2) is 9.38 Å². The number of thioether (sulfide) groups is 1. The van der Waals surface area contributed by atoms with E-state index in [0.717, 1.165) is 16.8 Å². The maximum atomic E-state index is 13.7.